The summed E-state index contributed by atoms with van der Waals surface area (Å²) in [6.45, 7) is 4.15. The number of halogens is 2. The fraction of sp³-hybridized carbons (Fsp3) is 0.263. The fourth-order valence-electron chi connectivity index (χ4n) is 2.58. The van der Waals surface area contributed by atoms with E-state index in [9.17, 15) is 4.79 Å². The Labute approximate surface area is 194 Å². The van der Waals surface area contributed by atoms with Crippen LogP contribution in [0.3, 0.4) is 0 Å². The average Bonchev–Trinajstić information content (AvgIpc) is 3.12. The van der Waals surface area contributed by atoms with Crippen LogP contribution < -0.4 is 16.0 Å². The maximum Gasteiger partial charge on any atom is 0.251 e. The summed E-state index contributed by atoms with van der Waals surface area (Å²) in [7, 11) is 0. The molecule has 2 heterocycles. The third-order valence-electron chi connectivity index (χ3n) is 3.90. The molecule has 0 aliphatic rings. The highest BCUT2D eigenvalue weighted by atomic mass is 127. The second-order valence-electron chi connectivity index (χ2n) is 5.93. The predicted molar refractivity (Wildman–Crippen MR) is 128 cm³/mol. The van der Waals surface area contributed by atoms with Gasteiger partial charge in [0.15, 0.2) is 17.4 Å². The second-order valence-corrected chi connectivity index (χ2v) is 6.85. The molecule has 0 unspecified atom stereocenters. The molecule has 0 saturated carbocycles. The summed E-state index contributed by atoms with van der Waals surface area (Å²) in [6.07, 6.45) is 1.91. The number of guanidine groups is 1. The first-order valence-electron chi connectivity index (χ1n) is 9.02. The molecule has 0 spiro atoms. The first-order chi connectivity index (χ1) is 13.7. The zero-order valence-corrected chi connectivity index (χ0v) is 19.8. The number of amides is 1. The van der Waals surface area contributed by atoms with Gasteiger partial charge in [-0.2, -0.15) is 0 Å². The van der Waals surface area contributed by atoms with Gasteiger partial charge in [0, 0.05) is 35.9 Å². The Kier molecular flexibility index (Phi) is 9.32. The Bertz CT molecular complexity index is 976. The number of benzene rings is 1. The molecule has 0 bridgehead atoms. The molecule has 3 rings (SSSR count). The van der Waals surface area contributed by atoms with E-state index in [1.165, 1.54) is 0 Å². The SMILES string of the molecule is CCNC(=NCc1nnc2ccccn12)NCCNC(=O)c1cccc(Br)c1.I. The molecule has 8 nitrogen and oxygen atoms in total. The average molecular weight is 572 g/mol. The Morgan fingerprint density at radius 3 is 2.72 bits per heavy atom. The lowest BCUT2D eigenvalue weighted by Gasteiger charge is -2.11. The van der Waals surface area contributed by atoms with Gasteiger partial charge in [-0.15, -0.1) is 34.2 Å². The summed E-state index contributed by atoms with van der Waals surface area (Å²) in [5.41, 5.74) is 1.41. The summed E-state index contributed by atoms with van der Waals surface area (Å²) < 4.78 is 2.78. The minimum Gasteiger partial charge on any atom is -0.357 e. The molecule has 0 fully saturated rings. The van der Waals surface area contributed by atoms with Gasteiger partial charge >= 0.3 is 0 Å². The molecule has 2 aromatic heterocycles. The number of nitrogens with zero attached hydrogens (tertiary/aromatic N) is 4. The Morgan fingerprint density at radius 2 is 1.93 bits per heavy atom. The summed E-state index contributed by atoms with van der Waals surface area (Å²) in [6, 6.07) is 13.0. The van der Waals surface area contributed by atoms with Gasteiger partial charge in [-0.1, -0.05) is 28.1 Å². The molecule has 10 heteroatoms. The minimum atomic E-state index is -0.111. The van der Waals surface area contributed by atoms with Crippen molar-refractivity contribution < 1.29 is 4.79 Å². The predicted octanol–water partition coefficient (Wildman–Crippen LogP) is 2.59. The lowest BCUT2D eigenvalue weighted by molar-refractivity contribution is 0.0954. The van der Waals surface area contributed by atoms with Crippen molar-refractivity contribution in [1.82, 2.24) is 30.5 Å². The summed E-state index contributed by atoms with van der Waals surface area (Å²) in [5.74, 6) is 1.31. The maximum atomic E-state index is 12.1. The third-order valence-corrected chi connectivity index (χ3v) is 4.39. The molecule has 0 saturated heterocycles. The van der Waals surface area contributed by atoms with E-state index in [4.69, 9.17) is 0 Å². The highest BCUT2D eigenvalue weighted by Crippen LogP contribution is 2.11. The number of hydrogen-bond acceptors (Lipinski definition) is 4. The quantitative estimate of drug-likeness (QED) is 0.175. The van der Waals surface area contributed by atoms with E-state index in [-0.39, 0.29) is 29.9 Å². The summed E-state index contributed by atoms with van der Waals surface area (Å²) >= 11 is 3.37. The van der Waals surface area contributed by atoms with Crippen LogP contribution in [0.25, 0.3) is 5.65 Å². The zero-order valence-electron chi connectivity index (χ0n) is 15.9. The fourth-order valence-corrected chi connectivity index (χ4v) is 2.98. The minimum absolute atomic E-state index is 0. The van der Waals surface area contributed by atoms with Crippen molar-refractivity contribution in [2.24, 2.45) is 4.99 Å². The van der Waals surface area contributed by atoms with Crippen LogP contribution in [-0.4, -0.2) is 46.1 Å². The molecule has 0 atom stereocenters. The Hall–Kier alpha value is -2.21. The topological polar surface area (TPSA) is 95.7 Å². The van der Waals surface area contributed by atoms with Crippen molar-refractivity contribution >= 4 is 57.4 Å². The highest BCUT2D eigenvalue weighted by Gasteiger charge is 2.06. The van der Waals surface area contributed by atoms with Crippen LogP contribution in [0.4, 0.5) is 0 Å². The van der Waals surface area contributed by atoms with Gasteiger partial charge in [0.25, 0.3) is 5.91 Å². The van der Waals surface area contributed by atoms with Gasteiger partial charge in [0.1, 0.15) is 6.54 Å². The normalized spacial score (nSPS) is 11.0. The third kappa shape index (κ3) is 6.67. The molecule has 1 amide bonds. The van der Waals surface area contributed by atoms with Crippen LogP contribution in [0.5, 0.6) is 0 Å². The van der Waals surface area contributed by atoms with E-state index < -0.39 is 0 Å². The molecule has 3 aromatic rings. The molecule has 29 heavy (non-hydrogen) atoms. The molecule has 1 aromatic carbocycles. The van der Waals surface area contributed by atoms with E-state index >= 15 is 0 Å². The lowest BCUT2D eigenvalue weighted by Crippen LogP contribution is -2.41. The summed E-state index contributed by atoms with van der Waals surface area (Å²) in [5, 5.41) is 17.6. The van der Waals surface area contributed by atoms with Crippen LogP contribution in [-0.2, 0) is 6.54 Å². The second kappa shape index (κ2) is 11.7. The first-order valence-corrected chi connectivity index (χ1v) is 9.81. The van der Waals surface area contributed by atoms with Crippen LogP contribution >= 0.6 is 39.9 Å². The molecule has 0 aliphatic heterocycles. The van der Waals surface area contributed by atoms with E-state index in [1.54, 1.807) is 12.1 Å². The number of hydrogen-bond donors (Lipinski definition) is 3. The molecule has 3 N–H and O–H groups in total. The van der Waals surface area contributed by atoms with Crippen molar-refractivity contribution in [3.63, 3.8) is 0 Å². The van der Waals surface area contributed by atoms with Crippen LogP contribution in [0, 0.1) is 0 Å². The van der Waals surface area contributed by atoms with Gasteiger partial charge in [0.2, 0.25) is 0 Å². The van der Waals surface area contributed by atoms with E-state index in [0.717, 1.165) is 22.5 Å². The van der Waals surface area contributed by atoms with Crippen molar-refractivity contribution in [3.8, 4) is 0 Å². The number of aromatic nitrogens is 3. The largest absolute Gasteiger partial charge is 0.357 e. The Balaban J connectivity index is 0.00000300. The van der Waals surface area contributed by atoms with Crippen molar-refractivity contribution in [2.75, 3.05) is 19.6 Å². The molecule has 0 radical (unpaired) electrons. The lowest BCUT2D eigenvalue weighted by atomic mass is 10.2. The maximum absolute atomic E-state index is 12.1. The van der Waals surface area contributed by atoms with Crippen LogP contribution in [0.2, 0.25) is 0 Å². The van der Waals surface area contributed by atoms with Crippen LogP contribution in [0.15, 0.2) is 58.1 Å². The molecular weight excluding hydrogens is 549 g/mol. The summed E-state index contributed by atoms with van der Waals surface area (Å²) in [4.78, 5) is 16.7. The standard InChI is InChI=1S/C19H22BrN7O.HI/c1-2-21-19(24-13-17-26-25-16-8-3-4-11-27(16)17)23-10-9-22-18(28)14-6-5-7-15(20)12-14;/h3-8,11-12H,2,9-10,13H2,1H3,(H,22,28)(H2,21,23,24);1H. The van der Waals surface area contributed by atoms with Gasteiger partial charge < -0.3 is 16.0 Å². The van der Waals surface area contributed by atoms with Crippen LogP contribution in [0.1, 0.15) is 23.1 Å². The van der Waals surface area contributed by atoms with E-state index in [1.807, 2.05) is 47.9 Å². The number of rotatable bonds is 7. The monoisotopic (exact) mass is 571 g/mol. The number of carbonyl (C=O) groups excluding carboxylic acids is 1. The number of carbonyl (C=O) groups is 1. The van der Waals surface area contributed by atoms with Crippen molar-refractivity contribution in [3.05, 3.63) is 64.5 Å². The number of nitrogens with one attached hydrogen (secondary N) is 3. The van der Waals surface area contributed by atoms with Crippen molar-refractivity contribution in [2.45, 2.75) is 13.5 Å². The smallest absolute Gasteiger partial charge is 0.251 e. The number of aliphatic imine (C=N–C) groups is 1. The first kappa shape index (κ1) is 23.1. The highest BCUT2D eigenvalue weighted by molar-refractivity contribution is 14.0. The van der Waals surface area contributed by atoms with E-state index in [0.29, 0.717) is 31.2 Å². The van der Waals surface area contributed by atoms with Crippen molar-refractivity contribution in [1.29, 1.82) is 0 Å². The molecular formula is C19H23BrIN7O. The molecule has 0 aliphatic carbocycles. The van der Waals surface area contributed by atoms with Gasteiger partial charge in [-0.05, 0) is 37.3 Å². The Morgan fingerprint density at radius 1 is 1.10 bits per heavy atom. The number of pyridine rings is 1. The zero-order chi connectivity index (χ0) is 19.8. The van der Waals surface area contributed by atoms with Gasteiger partial charge in [-0.3, -0.25) is 9.20 Å². The number of fused-ring (bicyclic) bond motifs is 1. The van der Waals surface area contributed by atoms with Gasteiger partial charge in [-0.25, -0.2) is 4.99 Å². The van der Waals surface area contributed by atoms with E-state index in [2.05, 4.69) is 47.1 Å². The molecule has 154 valence electrons. The van der Waals surface area contributed by atoms with Gasteiger partial charge in [0.05, 0.1) is 0 Å².